The van der Waals surface area contributed by atoms with Gasteiger partial charge in [-0.3, -0.25) is 14.6 Å². The summed E-state index contributed by atoms with van der Waals surface area (Å²) < 4.78 is 0. The maximum absolute atomic E-state index is 11.5. The van der Waals surface area contributed by atoms with Crippen molar-refractivity contribution in [1.29, 1.82) is 0 Å². The molecule has 0 saturated carbocycles. The molecule has 0 aliphatic rings. The molecule has 1 aromatic heterocycles. The van der Waals surface area contributed by atoms with E-state index in [1.54, 1.807) is 0 Å². The van der Waals surface area contributed by atoms with Crippen LogP contribution in [0, 0.1) is 12.3 Å². The van der Waals surface area contributed by atoms with Crippen LogP contribution in [0.15, 0.2) is 18.3 Å². The van der Waals surface area contributed by atoms with Crippen LogP contribution in [0.5, 0.6) is 0 Å². The van der Waals surface area contributed by atoms with Crippen LogP contribution in [0.4, 0.5) is 0 Å². The lowest BCUT2D eigenvalue weighted by molar-refractivity contribution is 0.0937. The van der Waals surface area contributed by atoms with Crippen molar-refractivity contribution in [1.82, 2.24) is 10.3 Å². The van der Waals surface area contributed by atoms with E-state index in [-0.39, 0.29) is 17.8 Å². The van der Waals surface area contributed by atoms with Crippen molar-refractivity contribution in [2.75, 3.05) is 6.54 Å². The van der Waals surface area contributed by atoms with Gasteiger partial charge in [-0.15, -0.1) is 6.42 Å². The first-order valence-electron chi connectivity index (χ1n) is 4.13. The molecule has 76 valence electrons. The van der Waals surface area contributed by atoms with Crippen molar-refractivity contribution >= 4 is 11.8 Å². The summed E-state index contributed by atoms with van der Waals surface area (Å²) >= 11 is 0. The zero-order valence-electron chi connectivity index (χ0n) is 7.86. The SMILES string of the molecule is C#CCNC(=O)c1cccnc1C(N)=O. The number of rotatable bonds is 3. The Hall–Kier alpha value is -2.35. The molecule has 0 fully saturated rings. The summed E-state index contributed by atoms with van der Waals surface area (Å²) in [7, 11) is 0. The van der Waals surface area contributed by atoms with E-state index in [1.807, 2.05) is 0 Å². The van der Waals surface area contributed by atoms with Crippen LogP contribution in [0.1, 0.15) is 20.8 Å². The van der Waals surface area contributed by atoms with Crippen LogP contribution in [0.2, 0.25) is 0 Å². The maximum atomic E-state index is 11.5. The van der Waals surface area contributed by atoms with Crippen LogP contribution in [-0.2, 0) is 0 Å². The number of hydrogen-bond donors (Lipinski definition) is 2. The van der Waals surface area contributed by atoms with Crippen LogP contribution in [-0.4, -0.2) is 23.3 Å². The lowest BCUT2D eigenvalue weighted by Gasteiger charge is -2.04. The molecule has 1 rings (SSSR count). The van der Waals surface area contributed by atoms with Gasteiger partial charge < -0.3 is 11.1 Å². The van der Waals surface area contributed by atoms with Gasteiger partial charge in [0.2, 0.25) is 0 Å². The van der Waals surface area contributed by atoms with Gasteiger partial charge >= 0.3 is 0 Å². The number of nitrogens with zero attached hydrogens (tertiary/aromatic N) is 1. The predicted molar refractivity (Wildman–Crippen MR) is 53.9 cm³/mol. The number of pyridine rings is 1. The largest absolute Gasteiger partial charge is 0.364 e. The minimum atomic E-state index is -0.749. The van der Waals surface area contributed by atoms with Gasteiger partial charge in [-0.2, -0.15) is 0 Å². The molecule has 5 heteroatoms. The van der Waals surface area contributed by atoms with Crippen LogP contribution in [0.3, 0.4) is 0 Å². The van der Waals surface area contributed by atoms with Crippen molar-refractivity contribution in [3.8, 4) is 12.3 Å². The summed E-state index contributed by atoms with van der Waals surface area (Å²) in [5.74, 6) is 1.04. The Bertz CT molecular complexity index is 435. The highest BCUT2D eigenvalue weighted by molar-refractivity contribution is 6.05. The molecular weight excluding hydrogens is 194 g/mol. The molecule has 0 saturated heterocycles. The molecule has 5 nitrogen and oxygen atoms in total. The molecule has 0 bridgehead atoms. The molecule has 1 heterocycles. The van der Waals surface area contributed by atoms with Crippen LogP contribution >= 0.6 is 0 Å². The number of carbonyl (C=O) groups is 2. The first-order chi connectivity index (χ1) is 7.16. The third-order valence-corrected chi connectivity index (χ3v) is 1.64. The van der Waals surface area contributed by atoms with Crippen molar-refractivity contribution in [2.24, 2.45) is 5.73 Å². The fourth-order valence-corrected chi connectivity index (χ4v) is 1.01. The number of hydrogen-bond acceptors (Lipinski definition) is 3. The van der Waals surface area contributed by atoms with Gasteiger partial charge in [-0.25, -0.2) is 0 Å². The van der Waals surface area contributed by atoms with E-state index in [4.69, 9.17) is 12.2 Å². The molecule has 0 spiro atoms. The number of amides is 2. The van der Waals surface area contributed by atoms with Gasteiger partial charge in [0.1, 0.15) is 5.69 Å². The molecule has 0 aliphatic carbocycles. The quantitative estimate of drug-likeness (QED) is 0.652. The minimum Gasteiger partial charge on any atom is -0.364 e. The Labute approximate surface area is 86.7 Å². The zero-order chi connectivity index (χ0) is 11.3. The van der Waals surface area contributed by atoms with Crippen LogP contribution in [0.25, 0.3) is 0 Å². The Balaban J connectivity index is 2.98. The van der Waals surface area contributed by atoms with Crippen molar-refractivity contribution in [2.45, 2.75) is 0 Å². The number of nitrogens with one attached hydrogen (secondary N) is 1. The first kappa shape index (κ1) is 10.7. The standard InChI is InChI=1S/C10H9N3O2/c1-2-5-13-10(15)7-4-3-6-12-8(7)9(11)14/h1,3-4,6H,5H2,(H2,11,14)(H,13,15). The summed E-state index contributed by atoms with van der Waals surface area (Å²) in [6.07, 6.45) is 6.37. The molecule has 0 aliphatic heterocycles. The molecule has 0 atom stereocenters. The highest BCUT2D eigenvalue weighted by atomic mass is 16.2. The Morgan fingerprint density at radius 2 is 2.33 bits per heavy atom. The fraction of sp³-hybridized carbons (Fsp3) is 0.100. The second-order valence-electron chi connectivity index (χ2n) is 2.65. The molecule has 0 radical (unpaired) electrons. The van der Waals surface area contributed by atoms with E-state index in [0.29, 0.717) is 0 Å². The van der Waals surface area contributed by atoms with Gasteiger partial charge in [0.15, 0.2) is 0 Å². The monoisotopic (exact) mass is 203 g/mol. The molecule has 1 aromatic rings. The van der Waals surface area contributed by atoms with Crippen molar-refractivity contribution < 1.29 is 9.59 Å². The highest BCUT2D eigenvalue weighted by Gasteiger charge is 2.14. The second-order valence-corrected chi connectivity index (χ2v) is 2.65. The van der Waals surface area contributed by atoms with E-state index < -0.39 is 11.8 Å². The summed E-state index contributed by atoms with van der Waals surface area (Å²) in [6, 6.07) is 3.00. The summed E-state index contributed by atoms with van der Waals surface area (Å²) in [5.41, 5.74) is 5.12. The average molecular weight is 203 g/mol. The number of terminal acetylenes is 1. The lowest BCUT2D eigenvalue weighted by atomic mass is 10.1. The normalized spacial score (nSPS) is 9.00. The van der Waals surface area contributed by atoms with E-state index in [0.717, 1.165) is 0 Å². The summed E-state index contributed by atoms with van der Waals surface area (Å²) in [6.45, 7) is 0.0892. The summed E-state index contributed by atoms with van der Waals surface area (Å²) in [5, 5.41) is 2.42. The molecule has 3 N–H and O–H groups in total. The summed E-state index contributed by atoms with van der Waals surface area (Å²) in [4.78, 5) is 26.1. The lowest BCUT2D eigenvalue weighted by Crippen LogP contribution is -2.27. The third kappa shape index (κ3) is 2.54. The van der Waals surface area contributed by atoms with E-state index in [1.165, 1.54) is 18.3 Å². The molecule has 2 amide bonds. The molecule has 0 unspecified atom stereocenters. The molecular formula is C10H9N3O2. The Morgan fingerprint density at radius 1 is 1.60 bits per heavy atom. The fourth-order valence-electron chi connectivity index (χ4n) is 1.01. The Morgan fingerprint density at radius 3 is 2.93 bits per heavy atom. The maximum Gasteiger partial charge on any atom is 0.268 e. The third-order valence-electron chi connectivity index (χ3n) is 1.64. The van der Waals surface area contributed by atoms with Gasteiger partial charge in [0.25, 0.3) is 11.8 Å². The van der Waals surface area contributed by atoms with Gasteiger partial charge in [0, 0.05) is 6.20 Å². The smallest absolute Gasteiger partial charge is 0.268 e. The first-order valence-corrected chi connectivity index (χ1v) is 4.13. The molecule has 15 heavy (non-hydrogen) atoms. The Kier molecular flexibility index (Phi) is 3.41. The second kappa shape index (κ2) is 4.77. The van der Waals surface area contributed by atoms with E-state index in [2.05, 4.69) is 16.2 Å². The number of primary amides is 1. The van der Waals surface area contributed by atoms with Gasteiger partial charge in [-0.1, -0.05) is 5.92 Å². The number of carbonyl (C=O) groups excluding carboxylic acids is 2. The van der Waals surface area contributed by atoms with Gasteiger partial charge in [0.05, 0.1) is 12.1 Å². The molecule has 0 aromatic carbocycles. The predicted octanol–water partition coefficient (Wildman–Crippen LogP) is -0.456. The highest BCUT2D eigenvalue weighted by Crippen LogP contribution is 2.03. The number of aromatic nitrogens is 1. The van der Waals surface area contributed by atoms with E-state index in [9.17, 15) is 9.59 Å². The topological polar surface area (TPSA) is 85.1 Å². The van der Waals surface area contributed by atoms with Crippen molar-refractivity contribution in [3.63, 3.8) is 0 Å². The van der Waals surface area contributed by atoms with Crippen molar-refractivity contribution in [3.05, 3.63) is 29.6 Å². The number of nitrogens with two attached hydrogens (primary N) is 1. The average Bonchev–Trinajstić information content (AvgIpc) is 2.25. The minimum absolute atomic E-state index is 0.0629. The van der Waals surface area contributed by atoms with Gasteiger partial charge in [-0.05, 0) is 12.1 Å². The zero-order valence-corrected chi connectivity index (χ0v) is 7.86. The van der Waals surface area contributed by atoms with Crippen LogP contribution < -0.4 is 11.1 Å². The van der Waals surface area contributed by atoms with E-state index >= 15 is 0 Å².